The number of nitrogens with one attached hydrogen (secondary N) is 1. The largest absolute Gasteiger partial charge is 0.497 e. The molecule has 1 N–H and O–H groups in total. The Bertz CT molecular complexity index is 773. The summed E-state index contributed by atoms with van der Waals surface area (Å²) >= 11 is 0. The Labute approximate surface area is 169 Å². The van der Waals surface area contributed by atoms with Crippen LogP contribution in [0.3, 0.4) is 0 Å². The van der Waals surface area contributed by atoms with Gasteiger partial charge >= 0.3 is 0 Å². The number of nitrogens with zero attached hydrogens (tertiary/aromatic N) is 3. The quantitative estimate of drug-likeness (QED) is 0.569. The number of rotatable bonds is 6. The number of hydrogen-bond acceptors (Lipinski definition) is 5. The van der Waals surface area contributed by atoms with Gasteiger partial charge in [-0.2, -0.15) is 0 Å². The van der Waals surface area contributed by atoms with Gasteiger partial charge in [-0.15, -0.1) is 0 Å². The fourth-order valence-corrected chi connectivity index (χ4v) is 4.68. The zero-order valence-electron chi connectivity index (χ0n) is 17.9. The predicted octanol–water partition coefficient (Wildman–Crippen LogP) is 1.77. The Hall–Kier alpha value is -1.80. The second-order valence-electron chi connectivity index (χ2n) is 7.95. The molecule has 1 heterocycles. The number of hydrogen-bond donors (Lipinski definition) is 1. The van der Waals surface area contributed by atoms with Crippen molar-refractivity contribution in [2.45, 2.75) is 31.6 Å². The normalized spacial score (nSPS) is 20.1. The molecule has 0 amide bonds. The van der Waals surface area contributed by atoms with Crippen molar-refractivity contribution < 1.29 is 13.2 Å². The number of ether oxygens (including phenoxy) is 1. The minimum Gasteiger partial charge on any atom is -0.497 e. The molecule has 1 fully saturated rings. The molecule has 1 aromatic rings. The van der Waals surface area contributed by atoms with Gasteiger partial charge in [0.2, 0.25) is 0 Å². The third-order valence-corrected chi connectivity index (χ3v) is 7.75. The Morgan fingerprint density at radius 3 is 2.46 bits per heavy atom. The molecule has 158 valence electrons. The van der Waals surface area contributed by atoms with E-state index < -0.39 is 14.6 Å². The molecule has 1 atom stereocenters. The summed E-state index contributed by atoms with van der Waals surface area (Å²) in [6.07, 6.45) is 0. The van der Waals surface area contributed by atoms with Crippen LogP contribution in [0.5, 0.6) is 5.75 Å². The minimum absolute atomic E-state index is 0.112. The first-order valence-corrected chi connectivity index (χ1v) is 11.3. The first-order valence-electron chi connectivity index (χ1n) is 9.67. The van der Waals surface area contributed by atoms with Crippen molar-refractivity contribution in [3.63, 3.8) is 0 Å². The second kappa shape index (κ2) is 9.13. The number of guanidine groups is 1. The lowest BCUT2D eigenvalue weighted by Crippen LogP contribution is -2.57. The lowest BCUT2D eigenvalue weighted by Gasteiger charge is -2.39. The van der Waals surface area contributed by atoms with E-state index in [0.29, 0.717) is 19.6 Å². The van der Waals surface area contributed by atoms with E-state index in [1.807, 2.05) is 33.2 Å². The summed E-state index contributed by atoms with van der Waals surface area (Å²) in [5.41, 5.74) is 1.16. The maximum atomic E-state index is 12.3. The maximum Gasteiger partial charge on any atom is 0.194 e. The molecular formula is C20H34N4O3S. The fourth-order valence-electron chi connectivity index (χ4n) is 3.32. The van der Waals surface area contributed by atoms with E-state index in [0.717, 1.165) is 23.8 Å². The second-order valence-corrected chi connectivity index (χ2v) is 10.7. The van der Waals surface area contributed by atoms with Crippen LogP contribution in [0.2, 0.25) is 0 Å². The molecule has 0 aromatic heterocycles. The van der Waals surface area contributed by atoms with Crippen LogP contribution in [0.15, 0.2) is 29.3 Å². The lowest BCUT2D eigenvalue weighted by atomic mass is 10.1. The van der Waals surface area contributed by atoms with Crippen molar-refractivity contribution >= 4 is 15.8 Å². The SMILES string of the molecule is CCNC(=NCC(c1ccc(OC)cc1)N(C)C)N1CCS(=O)(=O)C(C)(C)C1. The highest BCUT2D eigenvalue weighted by atomic mass is 32.2. The Morgan fingerprint density at radius 1 is 1.32 bits per heavy atom. The lowest BCUT2D eigenvalue weighted by molar-refractivity contribution is 0.302. The van der Waals surface area contributed by atoms with Crippen LogP contribution in [0, 0.1) is 0 Å². The molecule has 0 aliphatic carbocycles. The van der Waals surface area contributed by atoms with E-state index in [4.69, 9.17) is 9.73 Å². The third kappa shape index (κ3) is 5.17. The molecule has 0 saturated carbocycles. The summed E-state index contributed by atoms with van der Waals surface area (Å²) in [6, 6.07) is 8.14. The monoisotopic (exact) mass is 410 g/mol. The Balaban J connectivity index is 2.21. The Kier molecular flexibility index (Phi) is 7.33. The van der Waals surface area contributed by atoms with Gasteiger partial charge in [0, 0.05) is 19.6 Å². The predicted molar refractivity (Wildman–Crippen MR) is 115 cm³/mol. The molecule has 8 heteroatoms. The highest BCUT2D eigenvalue weighted by Crippen LogP contribution is 2.25. The first kappa shape index (κ1) is 22.5. The number of sulfone groups is 1. The third-order valence-electron chi connectivity index (χ3n) is 5.22. The minimum atomic E-state index is -3.08. The molecule has 0 radical (unpaired) electrons. The number of aliphatic imine (C=N–C) groups is 1. The van der Waals surface area contributed by atoms with Gasteiger partial charge in [0.05, 0.1) is 30.2 Å². The fraction of sp³-hybridized carbons (Fsp3) is 0.650. The molecule has 0 spiro atoms. The zero-order chi connectivity index (χ0) is 20.9. The van der Waals surface area contributed by atoms with Crippen molar-refractivity contribution in [2.75, 3.05) is 53.1 Å². The van der Waals surface area contributed by atoms with Gasteiger partial charge in [0.25, 0.3) is 0 Å². The number of likely N-dealkylation sites (N-methyl/N-ethyl adjacent to an activating group) is 1. The average molecular weight is 411 g/mol. The molecule has 1 aromatic carbocycles. The summed E-state index contributed by atoms with van der Waals surface area (Å²) in [4.78, 5) is 9.05. The standard InChI is InChI=1S/C20H34N4O3S/c1-7-21-19(24-12-13-28(25,26)20(2,3)15-24)22-14-18(23(4)5)16-8-10-17(27-6)11-9-16/h8-11,18H,7,12-15H2,1-6H3,(H,21,22). The van der Waals surface area contributed by atoms with Crippen LogP contribution in [-0.4, -0.2) is 82.1 Å². The number of methoxy groups -OCH3 is 1. The summed E-state index contributed by atoms with van der Waals surface area (Å²) < 4.78 is 29.1. The molecular weight excluding hydrogens is 376 g/mol. The number of benzene rings is 1. The van der Waals surface area contributed by atoms with Gasteiger partial charge in [0.1, 0.15) is 5.75 Å². The Morgan fingerprint density at radius 2 is 1.96 bits per heavy atom. The van der Waals surface area contributed by atoms with Crippen LogP contribution >= 0.6 is 0 Å². The average Bonchev–Trinajstić information content (AvgIpc) is 2.63. The zero-order valence-corrected chi connectivity index (χ0v) is 18.7. The van der Waals surface area contributed by atoms with Gasteiger partial charge in [0.15, 0.2) is 15.8 Å². The maximum absolute atomic E-state index is 12.3. The van der Waals surface area contributed by atoms with E-state index in [9.17, 15) is 8.42 Å². The molecule has 2 rings (SSSR count). The summed E-state index contributed by atoms with van der Waals surface area (Å²) in [7, 11) is 2.65. The molecule has 0 bridgehead atoms. The van der Waals surface area contributed by atoms with E-state index in [1.54, 1.807) is 21.0 Å². The van der Waals surface area contributed by atoms with Crippen molar-refractivity contribution in [1.82, 2.24) is 15.1 Å². The smallest absolute Gasteiger partial charge is 0.194 e. The highest BCUT2D eigenvalue weighted by molar-refractivity contribution is 7.92. The molecule has 7 nitrogen and oxygen atoms in total. The van der Waals surface area contributed by atoms with E-state index in [-0.39, 0.29) is 11.8 Å². The molecule has 1 saturated heterocycles. The van der Waals surface area contributed by atoms with Gasteiger partial charge in [-0.1, -0.05) is 12.1 Å². The van der Waals surface area contributed by atoms with Crippen molar-refractivity contribution in [1.29, 1.82) is 0 Å². The van der Waals surface area contributed by atoms with Gasteiger partial charge in [-0.3, -0.25) is 4.99 Å². The topological polar surface area (TPSA) is 74.2 Å². The molecule has 1 aliphatic heterocycles. The first-order chi connectivity index (χ1) is 13.1. The van der Waals surface area contributed by atoms with Crippen LogP contribution in [0.4, 0.5) is 0 Å². The molecule has 1 unspecified atom stereocenters. The van der Waals surface area contributed by atoms with Gasteiger partial charge < -0.3 is 19.9 Å². The van der Waals surface area contributed by atoms with E-state index in [2.05, 4.69) is 27.2 Å². The summed E-state index contributed by atoms with van der Waals surface area (Å²) in [5, 5.41) is 3.32. The molecule has 28 heavy (non-hydrogen) atoms. The molecule has 1 aliphatic rings. The summed E-state index contributed by atoms with van der Waals surface area (Å²) in [5.74, 6) is 1.75. The van der Waals surface area contributed by atoms with Crippen molar-refractivity contribution in [2.24, 2.45) is 4.99 Å². The van der Waals surface area contributed by atoms with E-state index >= 15 is 0 Å². The van der Waals surface area contributed by atoms with Gasteiger partial charge in [-0.05, 0) is 52.6 Å². The highest BCUT2D eigenvalue weighted by Gasteiger charge is 2.41. The van der Waals surface area contributed by atoms with Crippen LogP contribution in [0.1, 0.15) is 32.4 Å². The van der Waals surface area contributed by atoms with Crippen molar-refractivity contribution in [3.05, 3.63) is 29.8 Å². The van der Waals surface area contributed by atoms with Gasteiger partial charge in [-0.25, -0.2) is 8.42 Å². The summed E-state index contributed by atoms with van der Waals surface area (Å²) in [6.45, 7) is 7.82. The van der Waals surface area contributed by atoms with Crippen LogP contribution in [0.25, 0.3) is 0 Å². The van der Waals surface area contributed by atoms with Crippen LogP contribution in [-0.2, 0) is 9.84 Å². The van der Waals surface area contributed by atoms with Crippen molar-refractivity contribution in [3.8, 4) is 5.75 Å². The van der Waals surface area contributed by atoms with Crippen LogP contribution < -0.4 is 10.1 Å². The van der Waals surface area contributed by atoms with E-state index in [1.165, 1.54) is 0 Å².